The van der Waals surface area contributed by atoms with E-state index in [-0.39, 0.29) is 0 Å². The van der Waals surface area contributed by atoms with E-state index in [1.165, 1.54) is 0 Å². The smallest absolute Gasteiger partial charge is 0.254 e. The zero-order valence-corrected chi connectivity index (χ0v) is 7.56. The molecule has 4 nitrogen and oxygen atoms in total. The number of carbonyl (C=O) groups excluding carboxylic acids is 1. The Kier molecular flexibility index (Phi) is 3.40. The van der Waals surface area contributed by atoms with E-state index in [2.05, 4.69) is 0 Å². The molecule has 1 aromatic heterocycles. The number of ether oxygens (including phenoxy) is 1. The first-order valence-electron chi connectivity index (χ1n) is 4.10. The molecule has 13 heavy (non-hydrogen) atoms. The highest BCUT2D eigenvalue weighted by Crippen LogP contribution is 1.91. The summed E-state index contributed by atoms with van der Waals surface area (Å²) < 4.78 is 6.93. The van der Waals surface area contributed by atoms with Crippen LogP contribution in [0.15, 0.2) is 24.5 Å². The van der Waals surface area contributed by atoms with Gasteiger partial charge in [-0.1, -0.05) is 0 Å². The Bertz CT molecular complexity index is 299. The minimum absolute atomic E-state index is 0.425. The predicted octanol–water partition coefficient (Wildman–Crippen LogP) is 0.0670. The first kappa shape index (κ1) is 9.67. The summed E-state index contributed by atoms with van der Waals surface area (Å²) in [5.41, 5.74) is 5.61. The van der Waals surface area contributed by atoms with Gasteiger partial charge in [-0.15, -0.1) is 0 Å². The Hall–Kier alpha value is -1.42. The second-order valence-electron chi connectivity index (χ2n) is 2.59. The van der Waals surface area contributed by atoms with E-state index in [0.717, 1.165) is 0 Å². The van der Waals surface area contributed by atoms with Crippen molar-refractivity contribution in [2.75, 3.05) is 6.61 Å². The summed E-state index contributed by atoms with van der Waals surface area (Å²) in [6.07, 6.45) is 3.49. The highest BCUT2D eigenvalue weighted by Gasteiger charge is 2.05. The first-order valence-corrected chi connectivity index (χ1v) is 4.10. The van der Waals surface area contributed by atoms with Crippen molar-refractivity contribution in [2.45, 2.75) is 13.7 Å². The third-order valence-electron chi connectivity index (χ3n) is 1.59. The normalized spacial score (nSPS) is 9.92. The number of aromatic nitrogens is 1. The first-order chi connectivity index (χ1) is 6.24. The summed E-state index contributed by atoms with van der Waals surface area (Å²) in [7, 11) is 0. The molecule has 0 unspecified atom stereocenters. The summed E-state index contributed by atoms with van der Waals surface area (Å²) >= 11 is 0. The average molecular weight is 181 g/mol. The molecule has 0 aliphatic carbocycles. The molecular weight excluding hydrogens is 168 g/mol. The lowest BCUT2D eigenvalue weighted by Crippen LogP contribution is -2.35. The Labute approximate surface area is 76.9 Å². The van der Waals surface area contributed by atoms with Gasteiger partial charge in [-0.2, -0.15) is 4.57 Å². The third kappa shape index (κ3) is 2.83. The van der Waals surface area contributed by atoms with Crippen LogP contribution in [0, 0.1) is 0 Å². The Balaban J connectivity index is 2.73. The molecule has 0 aliphatic rings. The molecule has 1 aromatic rings. The molecule has 1 rings (SSSR count). The number of hydrogen-bond donors (Lipinski definition) is 1. The van der Waals surface area contributed by atoms with Crippen molar-refractivity contribution in [2.24, 2.45) is 5.73 Å². The number of primary amides is 1. The minimum Gasteiger partial charge on any atom is -0.365 e. The molecule has 0 aromatic carbocycles. The highest BCUT2D eigenvalue weighted by atomic mass is 16.5. The van der Waals surface area contributed by atoms with Crippen LogP contribution in [0.25, 0.3) is 0 Å². The molecule has 4 heteroatoms. The number of pyridine rings is 1. The van der Waals surface area contributed by atoms with Gasteiger partial charge >= 0.3 is 0 Å². The average Bonchev–Trinajstić information content (AvgIpc) is 2.15. The lowest BCUT2D eigenvalue weighted by Gasteiger charge is -1.97. The van der Waals surface area contributed by atoms with E-state index in [0.29, 0.717) is 18.9 Å². The molecule has 70 valence electrons. The maximum absolute atomic E-state index is 10.8. The number of rotatable bonds is 4. The van der Waals surface area contributed by atoms with Gasteiger partial charge in [-0.25, -0.2) is 0 Å². The van der Waals surface area contributed by atoms with Crippen LogP contribution in [0.5, 0.6) is 0 Å². The van der Waals surface area contributed by atoms with E-state index in [1.807, 2.05) is 13.1 Å². The van der Waals surface area contributed by atoms with E-state index in [9.17, 15) is 4.79 Å². The van der Waals surface area contributed by atoms with Crippen LogP contribution in [0.4, 0.5) is 0 Å². The molecule has 1 heterocycles. The van der Waals surface area contributed by atoms with Crippen LogP contribution < -0.4 is 10.3 Å². The van der Waals surface area contributed by atoms with E-state index < -0.39 is 5.91 Å². The zero-order chi connectivity index (χ0) is 9.68. The highest BCUT2D eigenvalue weighted by molar-refractivity contribution is 5.92. The fraction of sp³-hybridized carbons (Fsp3) is 0.333. The molecule has 0 saturated heterocycles. The number of carbonyl (C=O) groups is 1. The molecule has 0 spiro atoms. The van der Waals surface area contributed by atoms with E-state index >= 15 is 0 Å². The Morgan fingerprint density at radius 2 is 2.46 bits per heavy atom. The van der Waals surface area contributed by atoms with Crippen molar-refractivity contribution >= 4 is 5.91 Å². The van der Waals surface area contributed by atoms with Crippen LogP contribution in [0.2, 0.25) is 0 Å². The lowest BCUT2D eigenvalue weighted by molar-refractivity contribution is -0.732. The number of nitrogens with two attached hydrogens (primary N) is 1. The standard InChI is InChI=1S/C9H12N2O2/c1-2-13-7-11-5-3-4-8(6-11)9(10)12/h3-6H,2,7H2,1H3,(H-,10,12)/p+1. The van der Waals surface area contributed by atoms with Gasteiger partial charge in [-0.3, -0.25) is 4.79 Å². The lowest BCUT2D eigenvalue weighted by atomic mass is 10.3. The van der Waals surface area contributed by atoms with Gasteiger partial charge in [0.1, 0.15) is 5.56 Å². The summed E-state index contributed by atoms with van der Waals surface area (Å²) in [6.45, 7) is 3.00. The van der Waals surface area contributed by atoms with Gasteiger partial charge in [0.2, 0.25) is 0 Å². The number of amides is 1. The van der Waals surface area contributed by atoms with E-state index in [4.69, 9.17) is 10.5 Å². The van der Waals surface area contributed by atoms with Crippen molar-refractivity contribution in [1.82, 2.24) is 0 Å². The fourth-order valence-corrected chi connectivity index (χ4v) is 0.945. The van der Waals surface area contributed by atoms with Crippen LogP contribution in [-0.4, -0.2) is 12.5 Å². The van der Waals surface area contributed by atoms with Gasteiger partial charge in [0, 0.05) is 6.07 Å². The molecule has 0 bridgehead atoms. The maximum atomic E-state index is 10.8. The second kappa shape index (κ2) is 4.57. The van der Waals surface area contributed by atoms with Crippen molar-refractivity contribution in [3.63, 3.8) is 0 Å². The molecule has 1 amide bonds. The molecule has 0 radical (unpaired) electrons. The molecular formula is C9H13N2O2+. The zero-order valence-electron chi connectivity index (χ0n) is 7.56. The van der Waals surface area contributed by atoms with Gasteiger partial charge in [0.05, 0.1) is 6.61 Å². The van der Waals surface area contributed by atoms with Gasteiger partial charge < -0.3 is 10.5 Å². The van der Waals surface area contributed by atoms with Gasteiger partial charge in [0.25, 0.3) is 12.6 Å². The van der Waals surface area contributed by atoms with Crippen molar-refractivity contribution in [1.29, 1.82) is 0 Å². The van der Waals surface area contributed by atoms with E-state index in [1.54, 1.807) is 22.9 Å². The third-order valence-corrected chi connectivity index (χ3v) is 1.59. The SMILES string of the molecule is CCOC[n+]1cccc(C(N)=O)c1. The van der Waals surface area contributed by atoms with Crippen LogP contribution in [0.1, 0.15) is 17.3 Å². The molecule has 2 N–H and O–H groups in total. The molecule has 0 aliphatic heterocycles. The Morgan fingerprint density at radius 1 is 1.69 bits per heavy atom. The van der Waals surface area contributed by atoms with Gasteiger partial charge in [-0.05, 0) is 13.0 Å². The maximum Gasteiger partial charge on any atom is 0.254 e. The van der Waals surface area contributed by atoms with Crippen LogP contribution in [-0.2, 0) is 11.5 Å². The monoisotopic (exact) mass is 181 g/mol. The molecule has 0 fully saturated rings. The second-order valence-corrected chi connectivity index (χ2v) is 2.59. The quantitative estimate of drug-likeness (QED) is 0.668. The summed E-state index contributed by atoms with van der Waals surface area (Å²) in [5.74, 6) is -0.425. The summed E-state index contributed by atoms with van der Waals surface area (Å²) in [6, 6.07) is 3.43. The van der Waals surface area contributed by atoms with Crippen LogP contribution >= 0.6 is 0 Å². The summed E-state index contributed by atoms with van der Waals surface area (Å²) in [4.78, 5) is 10.8. The van der Waals surface area contributed by atoms with Crippen molar-refractivity contribution in [3.8, 4) is 0 Å². The van der Waals surface area contributed by atoms with Crippen molar-refractivity contribution < 1.29 is 14.1 Å². The summed E-state index contributed by atoms with van der Waals surface area (Å²) in [5, 5.41) is 0. The fourth-order valence-electron chi connectivity index (χ4n) is 0.945. The topological polar surface area (TPSA) is 56.2 Å². The van der Waals surface area contributed by atoms with Crippen molar-refractivity contribution in [3.05, 3.63) is 30.1 Å². The Morgan fingerprint density at radius 3 is 3.08 bits per heavy atom. The molecule has 0 atom stereocenters. The van der Waals surface area contributed by atoms with Gasteiger partial charge in [0.15, 0.2) is 12.4 Å². The van der Waals surface area contributed by atoms with Crippen LogP contribution in [0.3, 0.4) is 0 Å². The minimum atomic E-state index is -0.425. The molecule has 0 saturated carbocycles. The predicted molar refractivity (Wildman–Crippen MR) is 46.8 cm³/mol. The largest absolute Gasteiger partial charge is 0.365 e. The number of hydrogen-bond acceptors (Lipinski definition) is 2. The number of nitrogens with zero attached hydrogens (tertiary/aromatic N) is 1.